The van der Waals surface area contributed by atoms with E-state index in [9.17, 15) is 74.7 Å². The van der Waals surface area contributed by atoms with Crippen LogP contribution in [0.5, 0.6) is 46.0 Å². The minimum Gasteiger partial charge on any atom is -0.508 e. The fourth-order valence-electron chi connectivity index (χ4n) is 12.5. The maximum absolute atomic E-state index is 16.0. The number of fused-ring (bicyclic) bond motifs is 15. The van der Waals surface area contributed by atoms with Crippen LogP contribution >= 0.6 is 23.2 Å². The highest BCUT2D eigenvalue weighted by molar-refractivity contribution is 6.32. The molecule has 0 aromatic heterocycles. The molecule has 0 saturated carbocycles. The highest BCUT2D eigenvalue weighted by Crippen LogP contribution is 2.49. The number of carbonyl (C=O) groups excluding carboxylic acids is 8. The number of benzene rings is 5. The fourth-order valence-corrected chi connectivity index (χ4v) is 12.9. The molecular weight excluding hydrogens is 1390 g/mol. The summed E-state index contributed by atoms with van der Waals surface area (Å²) in [6.45, 7) is 5.33. The number of phenols is 3. The van der Waals surface area contributed by atoms with Gasteiger partial charge in [0.25, 0.3) is 0 Å². The summed E-state index contributed by atoms with van der Waals surface area (Å²) < 4.78 is 25.7. The Kier molecular flexibility index (Phi) is 25.7. The van der Waals surface area contributed by atoms with E-state index in [4.69, 9.17) is 47.9 Å². The van der Waals surface area contributed by atoms with Gasteiger partial charge >= 0.3 is 5.97 Å². The number of halogens is 2. The number of carboxylic acids is 1. The summed E-state index contributed by atoms with van der Waals surface area (Å²) >= 11 is 14.1. The number of hydrogen-bond donors (Lipinski definition) is 18. The molecule has 14 atom stereocenters. The van der Waals surface area contributed by atoms with Crippen molar-refractivity contribution in [3.8, 4) is 57.1 Å². The van der Waals surface area contributed by atoms with Gasteiger partial charge in [0, 0.05) is 35.7 Å². The third kappa shape index (κ3) is 18.4. The normalized spacial score (nSPS) is 24.5. The number of aliphatic hydroxyl groups excluding tert-OH is 5. The summed E-state index contributed by atoms with van der Waals surface area (Å²) in [5.74, 6) is -16.2. The lowest BCUT2D eigenvalue weighted by Gasteiger charge is -2.40. The van der Waals surface area contributed by atoms with Gasteiger partial charge in [-0.2, -0.15) is 0 Å². The molecule has 0 aliphatic carbocycles. The molecule has 6 heterocycles. The van der Waals surface area contributed by atoms with E-state index in [1.165, 1.54) is 19.2 Å². The van der Waals surface area contributed by atoms with Crippen molar-refractivity contribution in [1.82, 2.24) is 42.5 Å². The standard InChI is InChI=1S/C70H83Cl2N9O22/c1-5-6-7-8-9-10-11-12-13-50(86)75-29-48-59(89)60(90)61(91)70(102-48)103-62-46-24-34-25-47(62)101-45-19-16-33(23-39(45)72)58(88)56-68(97)79-54(69(98)99)37-26-35(82)27-43(84)51(37)36-21-31(14-17-42(36)83)52(65(94)81-56)78-66(95)53(34)77-64(93)41(28-49(73)85)76-67(96)55(80-63(92)40(74-4)20-30(2)3)57(87)32-15-18-44(100-46)38(71)22-32/h14-19,21-27,30,40-41,48,52-61,70,74,82-84,87-91H,5-13,20,28-29H2,1-4H3,(H2,73,85)(H,75,86)(H,76,96)(H,77,93)(H,78,95)(H,79,97)(H,80,92)(H,81,94)(H,98,99)/t40-,41+,48-,52-,53-,54?,55-,56+,57-,58-,59-,60+,61-,70+/m1/s1. The zero-order valence-electron chi connectivity index (χ0n) is 56.3. The second-order valence-corrected chi connectivity index (χ2v) is 26.8. The number of ether oxygens (including phenoxy) is 4. The Morgan fingerprint density at radius 2 is 1.22 bits per heavy atom. The van der Waals surface area contributed by atoms with Gasteiger partial charge in [-0.3, -0.25) is 38.4 Å². The van der Waals surface area contributed by atoms with Crippen LogP contribution in [-0.2, 0) is 47.9 Å². The molecule has 1 unspecified atom stereocenters. The minimum absolute atomic E-state index is 0.0892. The van der Waals surface area contributed by atoms with Gasteiger partial charge in [-0.15, -0.1) is 0 Å². The van der Waals surface area contributed by atoms with Crippen molar-refractivity contribution in [2.45, 2.75) is 177 Å². The van der Waals surface area contributed by atoms with Gasteiger partial charge in [0.05, 0.1) is 22.5 Å². The van der Waals surface area contributed by atoms with Crippen molar-refractivity contribution in [3.63, 3.8) is 0 Å². The largest absolute Gasteiger partial charge is 0.508 e. The number of likely N-dealkylation sites (N-methyl/N-ethyl adjacent to an activating group) is 1. The number of primary amides is 1. The van der Waals surface area contributed by atoms with Crippen LogP contribution in [0, 0.1) is 5.92 Å². The third-order valence-corrected chi connectivity index (χ3v) is 18.6. The lowest BCUT2D eigenvalue weighted by molar-refractivity contribution is -0.271. The SMILES string of the molecule is CCCCCCCCCCC(=O)NC[C@H]1O[C@@H](Oc2c3cc4cc2Oc2ccc(cc2Cl)[C@@H](O)[C@@H](NC(=O)[C@@H](CC(C)C)NC)C(=O)N[C@@H](CC(N)=O)C(=O)N[C@H]4C(=O)N[C@H]2C(=O)N[C@H](C(=O)NC(C(=O)O)c4cc(O)cc(O)c4-c4cc2ccc4O)[C@H](O)c2ccc(c(Cl)c2)O3)[C@H](O)[C@@H](O)[C@@H]1O. The summed E-state index contributed by atoms with van der Waals surface area (Å²) in [4.78, 5) is 130. The predicted molar refractivity (Wildman–Crippen MR) is 366 cm³/mol. The second kappa shape index (κ2) is 34.1. The molecule has 11 rings (SSSR count). The molecule has 31 nitrogen and oxygen atoms in total. The number of nitrogens with one attached hydrogen (secondary N) is 8. The number of nitrogens with two attached hydrogens (primary N) is 1. The number of amides is 8. The van der Waals surface area contributed by atoms with Gasteiger partial charge in [-0.05, 0) is 103 Å². The molecule has 8 amide bonds. The lowest BCUT2D eigenvalue weighted by atomic mass is 9.89. The van der Waals surface area contributed by atoms with Crippen molar-refractivity contribution in [2.75, 3.05) is 13.6 Å². The number of hydrogen-bond acceptors (Lipinski definition) is 22. The van der Waals surface area contributed by atoms with Crippen LogP contribution in [0.2, 0.25) is 10.0 Å². The number of aromatic hydroxyl groups is 3. The highest BCUT2D eigenvalue weighted by atomic mass is 35.5. The van der Waals surface area contributed by atoms with E-state index >= 15 is 14.4 Å². The number of aliphatic hydroxyl groups is 5. The van der Waals surface area contributed by atoms with Crippen molar-refractivity contribution < 1.29 is 108 Å². The highest BCUT2D eigenvalue weighted by Gasteiger charge is 2.47. The molecule has 0 radical (unpaired) electrons. The van der Waals surface area contributed by atoms with E-state index in [0.717, 1.165) is 112 Å². The number of carbonyl (C=O) groups is 9. The number of rotatable bonds is 21. The summed E-state index contributed by atoms with van der Waals surface area (Å²) in [6.07, 6.45) is -7.01. The Morgan fingerprint density at radius 3 is 1.83 bits per heavy atom. The molecule has 554 valence electrons. The van der Waals surface area contributed by atoms with Crippen LogP contribution in [0.1, 0.15) is 150 Å². The molecule has 1 saturated heterocycles. The molecule has 0 spiro atoms. The molecule has 5 aromatic rings. The Labute approximate surface area is 600 Å². The van der Waals surface area contributed by atoms with Gasteiger partial charge in [-0.25, -0.2) is 4.79 Å². The topological polar surface area (TPSA) is 495 Å². The summed E-state index contributed by atoms with van der Waals surface area (Å²) in [7, 11) is 1.48. The quantitative estimate of drug-likeness (QED) is 0.0467. The zero-order valence-corrected chi connectivity index (χ0v) is 57.8. The predicted octanol–water partition coefficient (Wildman–Crippen LogP) is 3.52. The van der Waals surface area contributed by atoms with Crippen molar-refractivity contribution >= 4 is 76.4 Å². The van der Waals surface area contributed by atoms with Gasteiger partial charge < -0.3 is 113 Å². The molecule has 6 aliphatic rings. The molecule has 103 heavy (non-hydrogen) atoms. The number of phenolic OH excluding ortho intramolecular Hbond substituents is 3. The summed E-state index contributed by atoms with van der Waals surface area (Å²) in [6, 6.07) is -0.492. The van der Waals surface area contributed by atoms with Crippen molar-refractivity contribution in [1.29, 1.82) is 0 Å². The fraction of sp³-hybridized carbons (Fsp3) is 0.443. The lowest BCUT2D eigenvalue weighted by Crippen LogP contribution is -2.61. The van der Waals surface area contributed by atoms with Crippen LogP contribution in [0.25, 0.3) is 11.1 Å². The molecule has 33 heteroatoms. The first-order valence-corrected chi connectivity index (χ1v) is 34.2. The van der Waals surface area contributed by atoms with Crippen LogP contribution in [0.3, 0.4) is 0 Å². The van der Waals surface area contributed by atoms with Gasteiger partial charge in [0.1, 0.15) is 95.6 Å². The van der Waals surface area contributed by atoms with Crippen LogP contribution in [0.15, 0.2) is 78.9 Å². The molecule has 5 aromatic carbocycles. The van der Waals surface area contributed by atoms with Crippen LogP contribution in [0.4, 0.5) is 0 Å². The Bertz CT molecular complexity index is 4030. The Morgan fingerprint density at radius 1 is 0.631 bits per heavy atom. The molecule has 11 bridgehead atoms. The van der Waals surface area contributed by atoms with E-state index in [1.54, 1.807) is 0 Å². The van der Waals surface area contributed by atoms with Gasteiger partial charge in [-0.1, -0.05) is 107 Å². The van der Waals surface area contributed by atoms with E-state index in [-0.39, 0.29) is 52.0 Å². The Hall–Kier alpha value is -9.57. The number of aliphatic carboxylic acids is 1. The van der Waals surface area contributed by atoms with Crippen molar-refractivity contribution in [3.05, 3.63) is 117 Å². The van der Waals surface area contributed by atoms with Gasteiger partial charge in [0.2, 0.25) is 59.3 Å². The third-order valence-electron chi connectivity index (χ3n) is 18.0. The first-order valence-electron chi connectivity index (χ1n) is 33.5. The summed E-state index contributed by atoms with van der Waals surface area (Å²) in [5, 5.41) is 123. The maximum Gasteiger partial charge on any atom is 0.330 e. The van der Waals surface area contributed by atoms with E-state index in [0.29, 0.717) is 6.42 Å². The van der Waals surface area contributed by atoms with E-state index in [1.807, 2.05) is 13.8 Å². The number of carboxylic acid groups (broad SMARTS) is 1. The maximum atomic E-state index is 16.0. The van der Waals surface area contributed by atoms with E-state index < -0.39 is 213 Å². The van der Waals surface area contributed by atoms with E-state index in [2.05, 4.69) is 49.5 Å². The molecule has 1 fully saturated rings. The minimum atomic E-state index is -2.32. The monoisotopic (exact) mass is 1470 g/mol. The van der Waals surface area contributed by atoms with Crippen LogP contribution in [-0.4, -0.2) is 168 Å². The zero-order chi connectivity index (χ0) is 74.8. The first-order chi connectivity index (χ1) is 49.0. The average Bonchev–Trinajstić information content (AvgIpc) is 0.771. The Balaban J connectivity index is 1.25. The first kappa shape index (κ1) is 77.6. The van der Waals surface area contributed by atoms with Crippen LogP contribution < -0.4 is 62.5 Å². The average molecular weight is 1470 g/mol. The number of unbranched alkanes of at least 4 members (excludes halogenated alkanes) is 7. The smallest absolute Gasteiger partial charge is 0.330 e. The summed E-state index contributed by atoms with van der Waals surface area (Å²) in [5.41, 5.74) is 2.96. The van der Waals surface area contributed by atoms with Crippen molar-refractivity contribution in [2.24, 2.45) is 11.7 Å². The molecule has 19 N–H and O–H groups in total. The molecular formula is C70H83Cl2N9O22. The second-order valence-electron chi connectivity index (χ2n) is 26.0. The van der Waals surface area contributed by atoms with Gasteiger partial charge in [0.15, 0.2) is 17.5 Å². The molecule has 6 aliphatic heterocycles.